The first-order chi connectivity index (χ1) is 9.74. The van der Waals surface area contributed by atoms with Gasteiger partial charge in [0.1, 0.15) is 12.5 Å². The van der Waals surface area contributed by atoms with Gasteiger partial charge in [0.2, 0.25) is 0 Å². The summed E-state index contributed by atoms with van der Waals surface area (Å²) in [5.41, 5.74) is 0.469. The van der Waals surface area contributed by atoms with Gasteiger partial charge >= 0.3 is 5.97 Å². The molecule has 0 unspecified atom stereocenters. The molecule has 6 nitrogen and oxygen atoms in total. The van der Waals surface area contributed by atoms with Gasteiger partial charge in [0, 0.05) is 11.6 Å². The summed E-state index contributed by atoms with van der Waals surface area (Å²) in [4.78, 5) is 10.2. The van der Waals surface area contributed by atoms with Crippen LogP contribution in [0.2, 0.25) is 10.0 Å². The third-order valence-corrected chi connectivity index (χ3v) is 4.82. The first-order valence-electron chi connectivity index (χ1n) is 5.92. The van der Waals surface area contributed by atoms with E-state index in [0.717, 1.165) is 0 Å². The molecular weight excluding hydrogens is 341 g/mol. The number of aryl methyl sites for hydroxylation is 1. The summed E-state index contributed by atoms with van der Waals surface area (Å²) < 4.78 is 29.2. The molecule has 0 heterocycles. The van der Waals surface area contributed by atoms with E-state index in [2.05, 4.69) is 5.32 Å². The van der Waals surface area contributed by atoms with E-state index in [1.54, 1.807) is 6.92 Å². The van der Waals surface area contributed by atoms with Gasteiger partial charge in [-0.3, -0.25) is 0 Å². The summed E-state index contributed by atoms with van der Waals surface area (Å²) >= 11 is 11.7. The molecule has 9 heteroatoms. The fraction of sp³-hybridized carbons (Fsp3) is 0.417. The molecule has 0 saturated carbocycles. The summed E-state index contributed by atoms with van der Waals surface area (Å²) in [5.74, 6) is -1.41. The van der Waals surface area contributed by atoms with E-state index < -0.39 is 22.4 Å². The van der Waals surface area contributed by atoms with Crippen molar-refractivity contribution < 1.29 is 23.1 Å². The van der Waals surface area contributed by atoms with E-state index in [1.165, 1.54) is 12.1 Å². The van der Waals surface area contributed by atoms with E-state index >= 15 is 0 Å². The highest BCUT2D eigenvalue weighted by molar-refractivity contribution is 7.91. The van der Waals surface area contributed by atoms with Crippen molar-refractivity contribution in [1.29, 1.82) is 0 Å². The normalized spacial score (nSPS) is 11.6. The van der Waals surface area contributed by atoms with Crippen LogP contribution in [-0.4, -0.2) is 45.1 Å². The quantitative estimate of drug-likeness (QED) is 0.689. The standard InChI is InChI=1S/C12H15Cl2NO5S/c1-8-4-9(13)5-10(14)12(8)21(18,19)7-15-2-3-20-6-11(16)17/h4-5,15H,2-3,6-7H2,1H3,(H,16,17). The number of hydrogen-bond donors (Lipinski definition) is 2. The van der Waals surface area contributed by atoms with Crippen LogP contribution in [0, 0.1) is 6.92 Å². The average molecular weight is 356 g/mol. The number of hydrogen-bond acceptors (Lipinski definition) is 5. The molecule has 0 bridgehead atoms. The molecule has 21 heavy (non-hydrogen) atoms. The van der Waals surface area contributed by atoms with Crippen LogP contribution in [0.1, 0.15) is 5.56 Å². The van der Waals surface area contributed by atoms with Crippen LogP contribution in [0.5, 0.6) is 0 Å². The van der Waals surface area contributed by atoms with E-state index in [9.17, 15) is 13.2 Å². The first-order valence-corrected chi connectivity index (χ1v) is 8.33. The van der Waals surface area contributed by atoms with Gasteiger partial charge < -0.3 is 15.2 Å². The van der Waals surface area contributed by atoms with Crippen LogP contribution in [0.4, 0.5) is 0 Å². The van der Waals surface area contributed by atoms with Crippen molar-refractivity contribution in [2.75, 3.05) is 25.6 Å². The van der Waals surface area contributed by atoms with Crippen molar-refractivity contribution >= 4 is 39.0 Å². The molecule has 0 radical (unpaired) electrons. The zero-order chi connectivity index (χ0) is 16.0. The van der Waals surface area contributed by atoms with Crippen LogP contribution >= 0.6 is 23.2 Å². The molecule has 118 valence electrons. The Morgan fingerprint density at radius 3 is 2.62 bits per heavy atom. The van der Waals surface area contributed by atoms with Crippen molar-refractivity contribution in [3.8, 4) is 0 Å². The number of carboxylic acids is 1. The molecule has 1 rings (SSSR count). The second kappa shape index (κ2) is 7.95. The summed E-state index contributed by atoms with van der Waals surface area (Å²) in [6, 6.07) is 2.90. The lowest BCUT2D eigenvalue weighted by atomic mass is 10.2. The Morgan fingerprint density at radius 2 is 2.05 bits per heavy atom. The van der Waals surface area contributed by atoms with E-state index in [0.29, 0.717) is 10.6 Å². The molecule has 0 spiro atoms. The third-order valence-electron chi connectivity index (χ3n) is 2.45. The van der Waals surface area contributed by atoms with E-state index in [4.69, 9.17) is 33.0 Å². The molecule has 0 aliphatic rings. The Labute approximate surface area is 132 Å². The lowest BCUT2D eigenvalue weighted by molar-refractivity contribution is -0.142. The molecule has 0 amide bonds. The Morgan fingerprint density at radius 1 is 1.38 bits per heavy atom. The molecule has 0 aliphatic carbocycles. The van der Waals surface area contributed by atoms with Crippen LogP contribution in [0.3, 0.4) is 0 Å². The molecule has 0 saturated heterocycles. The highest BCUT2D eigenvalue weighted by Gasteiger charge is 2.20. The molecule has 1 aromatic carbocycles. The second-order valence-corrected chi connectivity index (χ2v) is 7.01. The number of nitrogens with one attached hydrogen (secondary N) is 1. The molecule has 0 aliphatic heterocycles. The Kier molecular flexibility index (Phi) is 6.89. The maximum atomic E-state index is 12.2. The number of carbonyl (C=O) groups is 1. The van der Waals surface area contributed by atoms with Crippen molar-refractivity contribution in [2.24, 2.45) is 0 Å². The van der Waals surface area contributed by atoms with Gasteiger partial charge in [-0.2, -0.15) is 0 Å². The fourth-order valence-corrected chi connectivity index (χ4v) is 4.08. The van der Waals surface area contributed by atoms with Gasteiger partial charge in [-0.1, -0.05) is 23.2 Å². The first kappa shape index (κ1) is 18.2. The lowest BCUT2D eigenvalue weighted by Gasteiger charge is -2.11. The summed E-state index contributed by atoms with van der Waals surface area (Å²) in [6.45, 7) is 1.49. The van der Waals surface area contributed by atoms with Gasteiger partial charge in [0.05, 0.1) is 16.5 Å². The van der Waals surface area contributed by atoms with Crippen molar-refractivity contribution in [3.63, 3.8) is 0 Å². The SMILES string of the molecule is Cc1cc(Cl)cc(Cl)c1S(=O)(=O)CNCCOCC(=O)O. The van der Waals surface area contributed by atoms with Crippen LogP contribution < -0.4 is 5.32 Å². The van der Waals surface area contributed by atoms with Gasteiger partial charge in [0.25, 0.3) is 0 Å². The monoisotopic (exact) mass is 355 g/mol. The maximum absolute atomic E-state index is 12.2. The molecule has 0 atom stereocenters. The largest absolute Gasteiger partial charge is 0.480 e. The number of benzene rings is 1. The number of carboxylic acid groups (broad SMARTS) is 1. The van der Waals surface area contributed by atoms with Crippen molar-refractivity contribution in [3.05, 3.63) is 27.7 Å². The number of halogens is 2. The highest BCUT2D eigenvalue weighted by atomic mass is 35.5. The fourth-order valence-electron chi connectivity index (χ4n) is 1.67. The summed E-state index contributed by atoms with van der Waals surface area (Å²) in [6.07, 6.45) is 0. The van der Waals surface area contributed by atoms with Crippen LogP contribution in [0.25, 0.3) is 0 Å². The van der Waals surface area contributed by atoms with Crippen molar-refractivity contribution in [1.82, 2.24) is 5.32 Å². The highest BCUT2D eigenvalue weighted by Crippen LogP contribution is 2.29. The minimum Gasteiger partial charge on any atom is -0.480 e. The average Bonchev–Trinajstić information content (AvgIpc) is 2.31. The zero-order valence-corrected chi connectivity index (χ0v) is 13.6. The van der Waals surface area contributed by atoms with Crippen LogP contribution in [0.15, 0.2) is 17.0 Å². The summed E-state index contributed by atoms with van der Waals surface area (Å²) in [5, 5.41) is 11.5. The smallest absolute Gasteiger partial charge is 0.329 e. The zero-order valence-electron chi connectivity index (χ0n) is 11.2. The molecular formula is C12H15Cl2NO5S. The molecule has 0 aromatic heterocycles. The topological polar surface area (TPSA) is 92.7 Å². The lowest BCUT2D eigenvalue weighted by Crippen LogP contribution is -2.28. The summed E-state index contributed by atoms with van der Waals surface area (Å²) in [7, 11) is -3.62. The molecule has 0 fully saturated rings. The predicted octanol–water partition coefficient (Wildman–Crippen LogP) is 1.72. The van der Waals surface area contributed by atoms with Gasteiger partial charge in [-0.25, -0.2) is 13.2 Å². The molecule has 1 aromatic rings. The third kappa shape index (κ3) is 5.80. The van der Waals surface area contributed by atoms with E-state index in [1.807, 2.05) is 0 Å². The number of sulfone groups is 1. The predicted molar refractivity (Wildman–Crippen MR) is 79.7 cm³/mol. The number of ether oxygens (including phenoxy) is 1. The van der Waals surface area contributed by atoms with Gasteiger partial charge in [-0.05, 0) is 24.6 Å². The minimum atomic E-state index is -3.62. The second-order valence-electron chi connectivity index (χ2n) is 4.24. The van der Waals surface area contributed by atoms with E-state index in [-0.39, 0.29) is 28.9 Å². The Hall–Kier alpha value is -0.860. The Bertz CT molecular complexity index is 595. The maximum Gasteiger partial charge on any atom is 0.329 e. The van der Waals surface area contributed by atoms with Gasteiger partial charge in [-0.15, -0.1) is 0 Å². The Balaban J connectivity index is 2.61. The molecule has 2 N–H and O–H groups in total. The number of aliphatic carboxylic acids is 1. The van der Waals surface area contributed by atoms with Crippen molar-refractivity contribution in [2.45, 2.75) is 11.8 Å². The minimum absolute atomic E-state index is 0.0347. The number of rotatable bonds is 8. The van der Waals surface area contributed by atoms with Gasteiger partial charge in [0.15, 0.2) is 9.84 Å². The van der Waals surface area contributed by atoms with Crippen LogP contribution in [-0.2, 0) is 19.4 Å².